The van der Waals surface area contributed by atoms with Gasteiger partial charge in [-0.15, -0.1) is 24.0 Å². The third-order valence-electron chi connectivity index (χ3n) is 4.57. The summed E-state index contributed by atoms with van der Waals surface area (Å²) < 4.78 is 0. The van der Waals surface area contributed by atoms with Crippen LogP contribution in [0, 0.1) is 0 Å². The van der Waals surface area contributed by atoms with E-state index in [1.54, 1.807) is 7.05 Å². The Bertz CT molecular complexity index is 804. The van der Waals surface area contributed by atoms with Crippen molar-refractivity contribution >= 4 is 41.7 Å². The highest BCUT2D eigenvalue weighted by Crippen LogP contribution is 2.21. The van der Waals surface area contributed by atoms with E-state index in [1.165, 1.54) is 5.56 Å². The number of hydrogen-bond donors (Lipinski definition) is 4. The van der Waals surface area contributed by atoms with Crippen molar-refractivity contribution < 1.29 is 4.79 Å². The molecule has 0 saturated carbocycles. The van der Waals surface area contributed by atoms with Gasteiger partial charge in [-0.2, -0.15) is 0 Å². The molecule has 0 bridgehead atoms. The first-order valence-electron chi connectivity index (χ1n) is 9.96. The summed E-state index contributed by atoms with van der Waals surface area (Å²) in [6.07, 6.45) is 0. The van der Waals surface area contributed by atoms with Crippen molar-refractivity contribution in [3.05, 3.63) is 65.7 Å². The molecular formula is C23H34IN5O. The zero-order chi connectivity index (χ0) is 21.3. The number of guanidine groups is 1. The number of hydrogen-bond acceptors (Lipinski definition) is 2. The van der Waals surface area contributed by atoms with E-state index in [0.29, 0.717) is 6.54 Å². The van der Waals surface area contributed by atoms with Gasteiger partial charge in [0.15, 0.2) is 5.96 Å². The standard InChI is InChI=1S/C23H33N5O.HI/c1-17(2)27-22(29)28-20-13-11-18(12-14-20)15-25-21(24-5)26-16-23(3,4)19-9-7-6-8-10-19;/h6-14,17H,15-16H2,1-5H3,(H2,24,25,26)(H2,27,28,29);1H. The summed E-state index contributed by atoms with van der Waals surface area (Å²) in [6, 6.07) is 18.1. The summed E-state index contributed by atoms with van der Waals surface area (Å²) in [5.41, 5.74) is 3.14. The summed E-state index contributed by atoms with van der Waals surface area (Å²) in [7, 11) is 1.77. The second-order valence-corrected chi connectivity index (χ2v) is 7.98. The molecule has 0 saturated heterocycles. The number of urea groups is 1. The minimum absolute atomic E-state index is 0. The quantitative estimate of drug-likeness (QED) is 0.246. The molecule has 0 aliphatic carbocycles. The van der Waals surface area contributed by atoms with Crippen molar-refractivity contribution in [1.82, 2.24) is 16.0 Å². The highest BCUT2D eigenvalue weighted by Gasteiger charge is 2.20. The second kappa shape index (κ2) is 12.4. The van der Waals surface area contributed by atoms with E-state index in [-0.39, 0.29) is 41.5 Å². The van der Waals surface area contributed by atoms with Gasteiger partial charge in [0.05, 0.1) is 0 Å². The SMILES string of the molecule is CN=C(NCc1ccc(NC(=O)NC(C)C)cc1)NCC(C)(C)c1ccccc1.I. The van der Waals surface area contributed by atoms with E-state index in [2.05, 4.69) is 64.4 Å². The van der Waals surface area contributed by atoms with Crippen LogP contribution < -0.4 is 21.3 Å². The molecule has 4 N–H and O–H groups in total. The molecule has 0 atom stereocenters. The number of aliphatic imine (C=N–C) groups is 1. The maximum absolute atomic E-state index is 11.8. The second-order valence-electron chi connectivity index (χ2n) is 7.98. The normalized spacial score (nSPS) is 11.5. The summed E-state index contributed by atoms with van der Waals surface area (Å²) >= 11 is 0. The number of nitrogens with one attached hydrogen (secondary N) is 4. The maximum atomic E-state index is 11.8. The van der Waals surface area contributed by atoms with Crippen LogP contribution in [0.2, 0.25) is 0 Å². The van der Waals surface area contributed by atoms with Crippen LogP contribution in [0.3, 0.4) is 0 Å². The van der Waals surface area contributed by atoms with Crippen molar-refractivity contribution in [1.29, 1.82) is 0 Å². The van der Waals surface area contributed by atoms with Crippen molar-refractivity contribution in [2.45, 2.75) is 45.7 Å². The maximum Gasteiger partial charge on any atom is 0.319 e. The first-order valence-corrected chi connectivity index (χ1v) is 9.96. The number of halogens is 1. The highest BCUT2D eigenvalue weighted by atomic mass is 127. The molecule has 0 fully saturated rings. The summed E-state index contributed by atoms with van der Waals surface area (Å²) in [5.74, 6) is 0.757. The van der Waals surface area contributed by atoms with Crippen LogP contribution in [0.4, 0.5) is 10.5 Å². The van der Waals surface area contributed by atoms with Crippen molar-refractivity contribution in [2.24, 2.45) is 4.99 Å². The third kappa shape index (κ3) is 8.61. The van der Waals surface area contributed by atoms with Gasteiger partial charge in [-0.25, -0.2) is 4.79 Å². The van der Waals surface area contributed by atoms with E-state index < -0.39 is 0 Å². The van der Waals surface area contributed by atoms with Gasteiger partial charge in [0.2, 0.25) is 0 Å². The van der Waals surface area contributed by atoms with E-state index in [4.69, 9.17) is 0 Å². The smallest absolute Gasteiger partial charge is 0.319 e. The fourth-order valence-electron chi connectivity index (χ4n) is 2.84. The van der Waals surface area contributed by atoms with Crippen LogP contribution in [0.25, 0.3) is 0 Å². The van der Waals surface area contributed by atoms with Gasteiger partial charge in [0, 0.05) is 37.3 Å². The van der Waals surface area contributed by atoms with Gasteiger partial charge in [-0.3, -0.25) is 4.99 Å². The van der Waals surface area contributed by atoms with Crippen LogP contribution in [-0.4, -0.2) is 31.6 Å². The molecule has 0 aliphatic heterocycles. The first-order chi connectivity index (χ1) is 13.8. The van der Waals surface area contributed by atoms with E-state index >= 15 is 0 Å². The van der Waals surface area contributed by atoms with Crippen molar-refractivity contribution in [2.75, 3.05) is 18.9 Å². The lowest BCUT2D eigenvalue weighted by atomic mass is 9.85. The Kier molecular flexibility index (Phi) is 10.7. The summed E-state index contributed by atoms with van der Waals surface area (Å²) in [5, 5.41) is 12.4. The van der Waals surface area contributed by atoms with Crippen LogP contribution in [-0.2, 0) is 12.0 Å². The molecule has 0 spiro atoms. The monoisotopic (exact) mass is 523 g/mol. The lowest BCUT2D eigenvalue weighted by Crippen LogP contribution is -2.43. The molecule has 7 heteroatoms. The fourth-order valence-corrected chi connectivity index (χ4v) is 2.84. The first kappa shape index (κ1) is 25.7. The molecule has 2 rings (SSSR count). The topological polar surface area (TPSA) is 77.5 Å². The highest BCUT2D eigenvalue weighted by molar-refractivity contribution is 14.0. The lowest BCUT2D eigenvalue weighted by molar-refractivity contribution is 0.250. The van der Waals surface area contributed by atoms with Gasteiger partial charge < -0.3 is 21.3 Å². The van der Waals surface area contributed by atoms with Gasteiger partial charge in [0.25, 0.3) is 0 Å². The molecule has 0 radical (unpaired) electrons. The molecule has 2 amide bonds. The predicted octanol–water partition coefficient (Wildman–Crippen LogP) is 4.48. The number of benzene rings is 2. The van der Waals surface area contributed by atoms with Crippen LogP contribution in [0.5, 0.6) is 0 Å². The zero-order valence-corrected chi connectivity index (χ0v) is 20.8. The molecule has 0 aliphatic rings. The number of rotatable bonds is 7. The summed E-state index contributed by atoms with van der Waals surface area (Å²) in [4.78, 5) is 16.1. The minimum atomic E-state index is -0.198. The van der Waals surface area contributed by atoms with E-state index in [1.807, 2.05) is 44.2 Å². The molecule has 0 unspecified atom stereocenters. The number of carbonyl (C=O) groups is 1. The average molecular weight is 523 g/mol. The van der Waals surface area contributed by atoms with E-state index in [0.717, 1.165) is 23.8 Å². The Morgan fingerprint density at radius 2 is 1.63 bits per heavy atom. The largest absolute Gasteiger partial charge is 0.356 e. The Morgan fingerprint density at radius 1 is 1.00 bits per heavy atom. The minimum Gasteiger partial charge on any atom is -0.356 e. The summed E-state index contributed by atoms with van der Waals surface area (Å²) in [6.45, 7) is 9.69. The fraction of sp³-hybridized carbons (Fsp3) is 0.391. The Hall–Kier alpha value is -2.29. The number of carbonyl (C=O) groups excluding carboxylic acids is 1. The van der Waals surface area contributed by atoms with Gasteiger partial charge in [-0.05, 0) is 37.1 Å². The number of anilines is 1. The molecule has 164 valence electrons. The predicted molar refractivity (Wildman–Crippen MR) is 137 cm³/mol. The Morgan fingerprint density at radius 3 is 2.20 bits per heavy atom. The molecule has 2 aromatic rings. The lowest BCUT2D eigenvalue weighted by Gasteiger charge is -2.26. The van der Waals surface area contributed by atoms with Crippen LogP contribution in [0.1, 0.15) is 38.8 Å². The van der Waals surface area contributed by atoms with Crippen molar-refractivity contribution in [3.8, 4) is 0 Å². The van der Waals surface area contributed by atoms with Crippen LogP contribution in [0.15, 0.2) is 59.6 Å². The molecular weight excluding hydrogens is 489 g/mol. The van der Waals surface area contributed by atoms with Crippen LogP contribution >= 0.6 is 24.0 Å². The van der Waals surface area contributed by atoms with Gasteiger partial charge >= 0.3 is 6.03 Å². The third-order valence-corrected chi connectivity index (χ3v) is 4.57. The molecule has 30 heavy (non-hydrogen) atoms. The zero-order valence-electron chi connectivity index (χ0n) is 18.5. The van der Waals surface area contributed by atoms with Crippen molar-refractivity contribution in [3.63, 3.8) is 0 Å². The van der Waals surface area contributed by atoms with Gasteiger partial charge in [0.1, 0.15) is 0 Å². The molecule has 0 heterocycles. The number of amides is 2. The number of nitrogens with zero attached hydrogens (tertiary/aromatic N) is 1. The molecule has 2 aromatic carbocycles. The Labute approximate surface area is 197 Å². The van der Waals surface area contributed by atoms with E-state index in [9.17, 15) is 4.79 Å². The Balaban J connectivity index is 0.00000450. The average Bonchev–Trinajstić information content (AvgIpc) is 2.69. The molecule has 6 nitrogen and oxygen atoms in total. The molecule has 0 aromatic heterocycles. The van der Waals surface area contributed by atoms with Gasteiger partial charge in [-0.1, -0.05) is 56.3 Å².